The number of nitrogens with one attached hydrogen (secondary N) is 4. The summed E-state index contributed by atoms with van der Waals surface area (Å²) in [6.07, 6.45) is 5.44. The molecule has 0 saturated carbocycles. The number of anilines is 1. The highest BCUT2D eigenvalue weighted by Gasteiger charge is 2.44. The molecule has 8 rings (SSSR count). The van der Waals surface area contributed by atoms with Gasteiger partial charge in [-0.3, -0.25) is 53.6 Å². The van der Waals surface area contributed by atoms with Crippen LogP contribution in [0.3, 0.4) is 0 Å². The first-order valence-electron chi connectivity index (χ1n) is 25.5. The lowest BCUT2D eigenvalue weighted by atomic mass is 9.94. The molecule has 382 valence electrons. The average Bonchev–Trinajstić information content (AvgIpc) is 3.61. The number of pyridine rings is 1. The third-order valence-corrected chi connectivity index (χ3v) is 14.4. The highest BCUT2D eigenvalue weighted by Crippen LogP contribution is 2.35. The van der Waals surface area contributed by atoms with Gasteiger partial charge in [0.2, 0.25) is 17.7 Å². The molecule has 1 aromatic heterocycles. The predicted molar refractivity (Wildman–Crippen MR) is 273 cm³/mol. The van der Waals surface area contributed by atoms with Gasteiger partial charge in [-0.2, -0.15) is 0 Å². The van der Waals surface area contributed by atoms with Crippen LogP contribution in [0.5, 0.6) is 5.75 Å². The number of amides is 6. The van der Waals surface area contributed by atoms with E-state index in [4.69, 9.17) is 9.47 Å². The number of piperazine rings is 1. The standard InChI is InChI=1S/C55H68N8O9/c1-5-62(41-18-26-71-27-19-41)48-30-40(29-44(37(48)4)51(66)57-32-46-35(2)28-36(3)58-52(46)67)39-12-10-38(11-13-39)33-60-21-23-61(24-22-60)34-50(65)56-20-8-6-7-9-25-72-42-14-15-43-45(31-42)55(70)63(54(43)69)47-16-17-49(64)59-53(47)68/h10-15,28-31,41,47H,5-9,16-27,32-34H2,1-4H3,(H,56,65)(H,57,66)(H,58,67)(H,59,64,68). The van der Waals surface area contributed by atoms with Crippen molar-refractivity contribution in [2.75, 3.05) is 70.5 Å². The Balaban J connectivity index is 0.759. The number of carbonyl (C=O) groups is 6. The van der Waals surface area contributed by atoms with Crippen LogP contribution >= 0.6 is 0 Å². The predicted octanol–water partition coefficient (Wildman–Crippen LogP) is 5.18. The molecular formula is C55H68N8O9. The summed E-state index contributed by atoms with van der Waals surface area (Å²) in [5.41, 5.74) is 8.07. The minimum Gasteiger partial charge on any atom is -0.494 e. The van der Waals surface area contributed by atoms with Gasteiger partial charge in [0.25, 0.3) is 23.3 Å². The first-order chi connectivity index (χ1) is 34.8. The zero-order valence-corrected chi connectivity index (χ0v) is 42.0. The molecule has 4 aliphatic heterocycles. The number of rotatable bonds is 20. The number of hydrogen-bond donors (Lipinski definition) is 4. The van der Waals surface area contributed by atoms with E-state index in [9.17, 15) is 33.6 Å². The van der Waals surface area contributed by atoms with E-state index in [1.807, 2.05) is 32.9 Å². The quantitative estimate of drug-likeness (QED) is 0.0669. The van der Waals surface area contributed by atoms with Crippen LogP contribution < -0.4 is 31.1 Å². The number of aromatic amines is 1. The molecule has 0 radical (unpaired) electrons. The van der Waals surface area contributed by atoms with E-state index in [2.05, 4.69) is 72.9 Å². The lowest BCUT2D eigenvalue weighted by Crippen LogP contribution is -2.54. The van der Waals surface area contributed by atoms with E-state index < -0.39 is 29.7 Å². The Bertz CT molecular complexity index is 2720. The number of H-pyrrole nitrogens is 1. The van der Waals surface area contributed by atoms with E-state index in [-0.39, 0.29) is 47.9 Å². The molecule has 3 fully saturated rings. The summed E-state index contributed by atoms with van der Waals surface area (Å²) in [4.78, 5) is 100. The molecule has 3 aromatic carbocycles. The second-order valence-electron chi connectivity index (χ2n) is 19.4. The minimum atomic E-state index is -1.01. The van der Waals surface area contributed by atoms with E-state index >= 15 is 0 Å². The number of benzene rings is 3. The van der Waals surface area contributed by atoms with Crippen LogP contribution in [0, 0.1) is 20.8 Å². The molecule has 4 aromatic rings. The van der Waals surface area contributed by atoms with Crippen LogP contribution in [0.1, 0.15) is 117 Å². The summed E-state index contributed by atoms with van der Waals surface area (Å²) in [7, 11) is 0. The number of carbonyl (C=O) groups excluding carboxylic acids is 6. The molecule has 6 amide bonds. The van der Waals surface area contributed by atoms with Crippen LogP contribution in [0.25, 0.3) is 11.1 Å². The van der Waals surface area contributed by atoms with Crippen LogP contribution in [-0.4, -0.2) is 133 Å². The summed E-state index contributed by atoms with van der Waals surface area (Å²) in [5.74, 6) is -1.91. The Hall–Kier alpha value is -6.69. The van der Waals surface area contributed by atoms with Crippen molar-refractivity contribution < 1.29 is 38.2 Å². The van der Waals surface area contributed by atoms with Gasteiger partial charge in [0.05, 0.1) is 24.3 Å². The van der Waals surface area contributed by atoms with Crippen molar-refractivity contribution in [1.29, 1.82) is 0 Å². The maximum absolute atomic E-state index is 14.0. The van der Waals surface area contributed by atoms with Crippen molar-refractivity contribution in [3.63, 3.8) is 0 Å². The Labute approximate surface area is 421 Å². The molecule has 0 spiro atoms. The normalized spacial score (nSPS) is 17.7. The number of ether oxygens (including phenoxy) is 2. The minimum absolute atomic E-state index is 0.0227. The topological polar surface area (TPSA) is 203 Å². The highest BCUT2D eigenvalue weighted by molar-refractivity contribution is 6.23. The number of unbranched alkanes of at least 4 members (excludes halogenated alkanes) is 3. The first-order valence-corrected chi connectivity index (χ1v) is 25.5. The van der Waals surface area contributed by atoms with Gasteiger partial charge in [-0.25, -0.2) is 0 Å². The van der Waals surface area contributed by atoms with Crippen LogP contribution in [0.2, 0.25) is 0 Å². The largest absolute Gasteiger partial charge is 0.494 e. The van der Waals surface area contributed by atoms with E-state index in [1.165, 1.54) is 11.6 Å². The Kier molecular flexibility index (Phi) is 17.0. The highest BCUT2D eigenvalue weighted by atomic mass is 16.5. The lowest BCUT2D eigenvalue weighted by Gasteiger charge is -2.37. The summed E-state index contributed by atoms with van der Waals surface area (Å²) in [6.45, 7) is 15.7. The van der Waals surface area contributed by atoms with Gasteiger partial charge in [0.15, 0.2) is 0 Å². The molecule has 5 heterocycles. The first kappa shape index (κ1) is 51.7. The molecule has 17 nitrogen and oxygen atoms in total. The van der Waals surface area contributed by atoms with Crippen LogP contribution in [-0.2, 0) is 32.2 Å². The number of imide groups is 2. The molecule has 0 bridgehead atoms. The Morgan fingerprint density at radius 3 is 2.24 bits per heavy atom. The molecule has 3 saturated heterocycles. The summed E-state index contributed by atoms with van der Waals surface area (Å²) >= 11 is 0. The number of nitrogens with zero attached hydrogens (tertiary/aromatic N) is 4. The lowest BCUT2D eigenvalue weighted by molar-refractivity contribution is -0.136. The molecule has 4 N–H and O–H groups in total. The smallest absolute Gasteiger partial charge is 0.262 e. The van der Waals surface area contributed by atoms with Crippen molar-refractivity contribution in [3.8, 4) is 16.9 Å². The van der Waals surface area contributed by atoms with Crippen LogP contribution in [0.15, 0.2) is 65.5 Å². The van der Waals surface area contributed by atoms with Gasteiger partial charge in [0, 0.05) is 101 Å². The zero-order chi connectivity index (χ0) is 50.9. The molecule has 17 heteroatoms. The summed E-state index contributed by atoms with van der Waals surface area (Å²) in [5, 5.41) is 8.32. The fraction of sp³-hybridized carbons (Fsp3) is 0.473. The Morgan fingerprint density at radius 2 is 1.51 bits per heavy atom. The molecule has 0 aliphatic carbocycles. The van der Waals surface area contributed by atoms with Gasteiger partial charge in [-0.15, -0.1) is 0 Å². The maximum Gasteiger partial charge on any atom is 0.262 e. The average molecular weight is 985 g/mol. The Morgan fingerprint density at radius 1 is 0.792 bits per heavy atom. The third kappa shape index (κ3) is 12.3. The van der Waals surface area contributed by atoms with Gasteiger partial charge in [-0.1, -0.05) is 37.1 Å². The van der Waals surface area contributed by atoms with Gasteiger partial charge in [-0.05, 0) is 124 Å². The van der Waals surface area contributed by atoms with Crippen molar-refractivity contribution in [3.05, 3.63) is 116 Å². The van der Waals surface area contributed by atoms with Gasteiger partial charge >= 0.3 is 0 Å². The fourth-order valence-corrected chi connectivity index (χ4v) is 10.4. The SMILES string of the molecule is CCN(c1cc(-c2ccc(CN3CCN(CC(=O)NCCCCCCOc4ccc5c(c4)C(=O)N(C4CCC(=O)NC4=O)C5=O)CC3)cc2)cc(C(=O)NCc2c(C)cc(C)[nH]c2=O)c1C)C1CCOCC1. The van der Waals surface area contributed by atoms with E-state index in [0.29, 0.717) is 55.8 Å². The van der Waals surface area contributed by atoms with Crippen molar-refractivity contribution >= 4 is 41.1 Å². The monoisotopic (exact) mass is 985 g/mol. The molecular weight excluding hydrogens is 917 g/mol. The van der Waals surface area contributed by atoms with Crippen molar-refractivity contribution in [2.24, 2.45) is 0 Å². The third-order valence-electron chi connectivity index (χ3n) is 14.4. The fourth-order valence-electron chi connectivity index (χ4n) is 10.4. The second-order valence-corrected chi connectivity index (χ2v) is 19.4. The van der Waals surface area contributed by atoms with Crippen LogP contribution in [0.4, 0.5) is 5.69 Å². The number of piperidine rings is 1. The van der Waals surface area contributed by atoms with Gasteiger partial charge in [0.1, 0.15) is 11.8 Å². The molecule has 4 aliphatic rings. The molecule has 1 unspecified atom stereocenters. The number of hydrogen-bond acceptors (Lipinski definition) is 12. The second kappa shape index (κ2) is 23.7. The summed E-state index contributed by atoms with van der Waals surface area (Å²) in [6, 6.07) is 18.7. The van der Waals surface area contributed by atoms with Crippen molar-refractivity contribution in [2.45, 2.75) is 104 Å². The number of aromatic nitrogens is 1. The molecule has 1 atom stereocenters. The van der Waals surface area contributed by atoms with Gasteiger partial charge < -0.3 is 30.0 Å². The van der Waals surface area contributed by atoms with Crippen molar-refractivity contribution in [1.82, 2.24) is 35.6 Å². The number of aryl methyl sites for hydroxylation is 2. The zero-order valence-electron chi connectivity index (χ0n) is 42.0. The molecule has 72 heavy (non-hydrogen) atoms. The number of fused-ring (bicyclic) bond motifs is 1. The maximum atomic E-state index is 14.0. The van der Waals surface area contributed by atoms with E-state index in [0.717, 1.165) is 116 Å². The van der Waals surface area contributed by atoms with E-state index in [1.54, 1.807) is 12.1 Å². The summed E-state index contributed by atoms with van der Waals surface area (Å²) < 4.78 is 11.6.